The highest BCUT2D eigenvalue weighted by molar-refractivity contribution is 6.33. The zero-order valence-electron chi connectivity index (χ0n) is 16.9. The molecule has 2 aromatic carbocycles. The summed E-state index contributed by atoms with van der Waals surface area (Å²) in [6, 6.07) is 7.86. The molecule has 1 N–H and O–H groups in total. The first-order valence-electron chi connectivity index (χ1n) is 9.18. The lowest BCUT2D eigenvalue weighted by atomic mass is 9.88. The summed E-state index contributed by atoms with van der Waals surface area (Å²) in [5.74, 6) is -0.746. The van der Waals surface area contributed by atoms with E-state index >= 15 is 0 Å². The molecule has 0 fully saturated rings. The molecule has 158 valence electrons. The number of anilines is 1. The van der Waals surface area contributed by atoms with Gasteiger partial charge in [0.05, 0.1) is 22.3 Å². The first-order chi connectivity index (χ1) is 13.9. The van der Waals surface area contributed by atoms with E-state index in [1.54, 1.807) is 0 Å². The SMILES string of the molecule is CC1=CC(C)(C)N(C)c2cc(Cl)c(/C=N\NC(=O)c3cccc(C(F)(F)F)c3)cc21. The Morgan fingerprint density at radius 3 is 2.60 bits per heavy atom. The second kappa shape index (κ2) is 7.80. The lowest BCUT2D eigenvalue weighted by molar-refractivity contribution is -0.137. The summed E-state index contributed by atoms with van der Waals surface area (Å²) >= 11 is 6.40. The minimum absolute atomic E-state index is 0.138. The Bertz CT molecular complexity index is 1060. The van der Waals surface area contributed by atoms with E-state index < -0.39 is 17.6 Å². The quantitative estimate of drug-likeness (QED) is 0.492. The number of nitrogens with one attached hydrogen (secondary N) is 1. The normalized spacial score (nSPS) is 15.7. The number of amides is 1. The Morgan fingerprint density at radius 1 is 1.23 bits per heavy atom. The summed E-state index contributed by atoms with van der Waals surface area (Å²) < 4.78 is 38.4. The van der Waals surface area contributed by atoms with Gasteiger partial charge in [0.1, 0.15) is 0 Å². The van der Waals surface area contributed by atoms with Gasteiger partial charge in [-0.15, -0.1) is 0 Å². The number of hydrazone groups is 1. The van der Waals surface area contributed by atoms with Gasteiger partial charge in [0.15, 0.2) is 0 Å². The first kappa shape index (κ1) is 21.9. The third-order valence-electron chi connectivity index (χ3n) is 5.16. The van der Waals surface area contributed by atoms with Gasteiger partial charge in [-0.2, -0.15) is 18.3 Å². The number of benzene rings is 2. The third kappa shape index (κ3) is 4.36. The highest BCUT2D eigenvalue weighted by Gasteiger charge is 2.31. The minimum atomic E-state index is -4.52. The van der Waals surface area contributed by atoms with Crippen LogP contribution in [0.5, 0.6) is 0 Å². The van der Waals surface area contributed by atoms with E-state index in [9.17, 15) is 18.0 Å². The van der Waals surface area contributed by atoms with Crippen LogP contribution >= 0.6 is 11.6 Å². The number of hydrogen-bond donors (Lipinski definition) is 1. The van der Waals surface area contributed by atoms with Crippen LogP contribution in [0.15, 0.2) is 47.6 Å². The Morgan fingerprint density at radius 2 is 1.93 bits per heavy atom. The van der Waals surface area contributed by atoms with Crippen molar-refractivity contribution >= 4 is 35.0 Å². The van der Waals surface area contributed by atoms with E-state index in [0.717, 1.165) is 29.0 Å². The topological polar surface area (TPSA) is 44.7 Å². The number of allylic oxidation sites excluding steroid dienone is 1. The number of halogens is 4. The van der Waals surface area contributed by atoms with E-state index in [1.165, 1.54) is 18.3 Å². The van der Waals surface area contributed by atoms with Crippen molar-refractivity contribution in [1.82, 2.24) is 5.43 Å². The Labute approximate surface area is 178 Å². The average molecular weight is 436 g/mol. The standard InChI is InChI=1S/C22H21ClF3N3O/c1-13-11-21(2,3)29(4)19-10-18(23)15(9-17(13)19)12-27-28-20(30)14-6-5-7-16(8-14)22(24,25)26/h5-12H,1-4H3,(H,28,30)/b27-12-. The van der Waals surface area contributed by atoms with E-state index in [-0.39, 0.29) is 11.1 Å². The van der Waals surface area contributed by atoms with Gasteiger partial charge in [-0.25, -0.2) is 5.43 Å². The second-order valence-electron chi connectivity index (χ2n) is 7.71. The number of alkyl halides is 3. The van der Waals surface area contributed by atoms with E-state index in [0.29, 0.717) is 10.6 Å². The molecule has 3 rings (SSSR count). The maximum absolute atomic E-state index is 12.8. The zero-order chi connectivity index (χ0) is 22.3. The molecule has 1 aliphatic heterocycles. The van der Waals surface area contributed by atoms with Gasteiger partial charge in [0.25, 0.3) is 5.91 Å². The molecular formula is C22H21ClF3N3O. The summed E-state index contributed by atoms with van der Waals surface area (Å²) in [4.78, 5) is 14.3. The zero-order valence-corrected chi connectivity index (χ0v) is 17.7. The first-order valence-corrected chi connectivity index (χ1v) is 9.56. The van der Waals surface area contributed by atoms with Crippen molar-refractivity contribution < 1.29 is 18.0 Å². The van der Waals surface area contributed by atoms with Crippen LogP contribution in [-0.2, 0) is 6.18 Å². The van der Waals surface area contributed by atoms with Gasteiger partial charge in [0, 0.05) is 29.4 Å². The molecule has 0 spiro atoms. The lowest BCUT2D eigenvalue weighted by Gasteiger charge is -2.40. The number of hydrogen-bond acceptors (Lipinski definition) is 3. The van der Waals surface area contributed by atoms with Gasteiger partial charge < -0.3 is 4.90 Å². The molecule has 0 saturated carbocycles. The fraction of sp³-hybridized carbons (Fsp3) is 0.273. The second-order valence-corrected chi connectivity index (χ2v) is 8.12. The number of likely N-dealkylation sites (N-methyl/N-ethyl adjacent to an activating group) is 1. The molecule has 0 bridgehead atoms. The maximum atomic E-state index is 12.8. The van der Waals surface area contributed by atoms with Gasteiger partial charge in [0.2, 0.25) is 0 Å². The van der Waals surface area contributed by atoms with Crippen LogP contribution in [0.2, 0.25) is 5.02 Å². The number of rotatable bonds is 3. The molecule has 0 saturated heterocycles. The summed E-state index contributed by atoms with van der Waals surface area (Å²) in [5, 5.41) is 4.32. The summed E-state index contributed by atoms with van der Waals surface area (Å²) in [6.07, 6.45) is -0.996. The van der Waals surface area contributed by atoms with Crippen molar-refractivity contribution in [2.24, 2.45) is 5.10 Å². The van der Waals surface area contributed by atoms with Crippen LogP contribution in [-0.4, -0.2) is 24.7 Å². The number of carbonyl (C=O) groups is 1. The Kier molecular flexibility index (Phi) is 5.69. The summed E-state index contributed by atoms with van der Waals surface area (Å²) in [5.41, 5.74) is 4.70. The largest absolute Gasteiger partial charge is 0.416 e. The Balaban J connectivity index is 1.81. The molecule has 0 unspecified atom stereocenters. The molecule has 0 aliphatic carbocycles. The smallest absolute Gasteiger partial charge is 0.365 e. The number of carbonyl (C=O) groups excluding carboxylic acids is 1. The monoisotopic (exact) mass is 435 g/mol. The molecule has 0 atom stereocenters. The van der Waals surface area contributed by atoms with Crippen LogP contribution in [0.4, 0.5) is 18.9 Å². The lowest BCUT2D eigenvalue weighted by Crippen LogP contribution is -2.42. The third-order valence-corrected chi connectivity index (χ3v) is 5.48. The highest BCUT2D eigenvalue weighted by Crippen LogP contribution is 2.40. The predicted octanol–water partition coefficient (Wildman–Crippen LogP) is 5.75. The van der Waals surface area contributed by atoms with E-state index in [4.69, 9.17) is 11.6 Å². The average Bonchev–Trinajstić information content (AvgIpc) is 2.66. The van der Waals surface area contributed by atoms with Crippen molar-refractivity contribution in [1.29, 1.82) is 0 Å². The predicted molar refractivity (Wildman–Crippen MR) is 114 cm³/mol. The summed E-state index contributed by atoms with van der Waals surface area (Å²) in [6.45, 7) is 6.22. The molecule has 8 heteroatoms. The number of nitrogens with zero attached hydrogens (tertiary/aromatic N) is 2. The van der Waals surface area contributed by atoms with Crippen molar-refractivity contribution in [3.8, 4) is 0 Å². The fourth-order valence-electron chi connectivity index (χ4n) is 3.35. The van der Waals surface area contributed by atoms with Gasteiger partial charge in [-0.3, -0.25) is 4.79 Å². The maximum Gasteiger partial charge on any atom is 0.416 e. The molecule has 0 aromatic heterocycles. The Hall–Kier alpha value is -2.80. The van der Waals surface area contributed by atoms with Gasteiger partial charge >= 0.3 is 6.18 Å². The minimum Gasteiger partial charge on any atom is -0.365 e. The van der Waals surface area contributed by atoms with Crippen molar-refractivity contribution in [3.63, 3.8) is 0 Å². The molecule has 1 amide bonds. The van der Waals surface area contributed by atoms with Crippen LogP contribution < -0.4 is 10.3 Å². The van der Waals surface area contributed by atoms with E-state index in [2.05, 4.69) is 35.4 Å². The molecule has 30 heavy (non-hydrogen) atoms. The van der Waals surface area contributed by atoms with Crippen molar-refractivity contribution in [2.45, 2.75) is 32.5 Å². The summed E-state index contributed by atoms with van der Waals surface area (Å²) in [7, 11) is 1.99. The van der Waals surface area contributed by atoms with Crippen LogP contribution in [0.1, 0.15) is 47.8 Å². The van der Waals surface area contributed by atoms with Crippen molar-refractivity contribution in [2.75, 3.05) is 11.9 Å². The van der Waals surface area contributed by atoms with Crippen LogP contribution in [0.3, 0.4) is 0 Å². The molecule has 1 aliphatic rings. The number of fused-ring (bicyclic) bond motifs is 1. The molecule has 1 heterocycles. The van der Waals surface area contributed by atoms with Gasteiger partial charge in [-0.1, -0.05) is 23.7 Å². The fourth-order valence-corrected chi connectivity index (χ4v) is 3.56. The van der Waals surface area contributed by atoms with E-state index in [1.807, 2.05) is 26.1 Å². The highest BCUT2D eigenvalue weighted by atomic mass is 35.5. The molecule has 4 nitrogen and oxygen atoms in total. The van der Waals surface area contributed by atoms with Crippen LogP contribution in [0.25, 0.3) is 5.57 Å². The molecule has 0 radical (unpaired) electrons. The van der Waals surface area contributed by atoms with Crippen LogP contribution in [0, 0.1) is 0 Å². The van der Waals surface area contributed by atoms with Crippen molar-refractivity contribution in [3.05, 3.63) is 69.8 Å². The van der Waals surface area contributed by atoms with Gasteiger partial charge in [-0.05, 0) is 56.7 Å². The molecule has 2 aromatic rings. The molecular weight excluding hydrogens is 415 g/mol.